The van der Waals surface area contributed by atoms with Gasteiger partial charge in [0.25, 0.3) is 0 Å². The van der Waals surface area contributed by atoms with Crippen molar-refractivity contribution in [3.8, 4) is 0 Å². The molecular formula is C15H20N2O2. The number of aliphatic carboxylic acids is 1. The lowest BCUT2D eigenvalue weighted by Crippen LogP contribution is -2.21. The summed E-state index contributed by atoms with van der Waals surface area (Å²) in [6.07, 6.45) is 6.26. The molecule has 4 heteroatoms. The number of carbonyl (C=O) groups is 1. The summed E-state index contributed by atoms with van der Waals surface area (Å²) in [5.41, 5.74) is 2.22. The zero-order valence-electron chi connectivity index (χ0n) is 11.0. The number of hydrogen-bond acceptors (Lipinski definition) is 3. The molecule has 102 valence electrons. The van der Waals surface area contributed by atoms with Crippen LogP contribution in [-0.4, -0.2) is 35.6 Å². The van der Waals surface area contributed by atoms with Crippen molar-refractivity contribution in [1.82, 2.24) is 4.90 Å². The van der Waals surface area contributed by atoms with Crippen molar-refractivity contribution in [2.24, 2.45) is 0 Å². The Bertz CT molecular complexity index is 434. The Hall–Kier alpha value is -1.81. The predicted molar refractivity (Wildman–Crippen MR) is 76.2 cm³/mol. The first-order chi connectivity index (χ1) is 9.24. The topological polar surface area (TPSA) is 52.6 Å². The van der Waals surface area contributed by atoms with E-state index in [0.717, 1.165) is 24.7 Å². The Kier molecular flexibility index (Phi) is 4.98. The van der Waals surface area contributed by atoms with Gasteiger partial charge in [0.2, 0.25) is 0 Å². The summed E-state index contributed by atoms with van der Waals surface area (Å²) >= 11 is 0. The third-order valence-corrected chi connectivity index (χ3v) is 3.35. The van der Waals surface area contributed by atoms with E-state index < -0.39 is 5.97 Å². The molecule has 1 aliphatic heterocycles. The molecule has 4 nitrogen and oxygen atoms in total. The average Bonchev–Trinajstić information content (AvgIpc) is 2.90. The van der Waals surface area contributed by atoms with Crippen LogP contribution in [0.25, 0.3) is 0 Å². The molecule has 1 aromatic carbocycles. The maximum absolute atomic E-state index is 10.3. The van der Waals surface area contributed by atoms with Crippen LogP contribution < -0.4 is 5.32 Å². The van der Waals surface area contributed by atoms with Crippen molar-refractivity contribution in [3.05, 3.63) is 42.1 Å². The van der Waals surface area contributed by atoms with Gasteiger partial charge >= 0.3 is 5.97 Å². The molecule has 0 radical (unpaired) electrons. The number of nitrogens with one attached hydrogen (secondary N) is 1. The molecule has 1 saturated heterocycles. The molecular weight excluding hydrogens is 240 g/mol. The first kappa shape index (κ1) is 13.6. The van der Waals surface area contributed by atoms with Gasteiger partial charge in [-0.05, 0) is 50.0 Å². The van der Waals surface area contributed by atoms with E-state index in [1.165, 1.54) is 37.7 Å². The standard InChI is InChI=1S/C15H20N2O2/c18-15(19)7-9-16-14-5-3-13(4-6-14)8-12-17-10-1-2-11-17/h3-7,9,16H,1-2,8,10-12H2,(H,18,19). The largest absolute Gasteiger partial charge is 0.478 e. The van der Waals surface area contributed by atoms with Gasteiger partial charge in [-0.25, -0.2) is 4.79 Å². The van der Waals surface area contributed by atoms with Gasteiger partial charge in [0, 0.05) is 24.5 Å². The zero-order chi connectivity index (χ0) is 13.5. The lowest BCUT2D eigenvalue weighted by molar-refractivity contribution is -0.131. The van der Waals surface area contributed by atoms with Gasteiger partial charge < -0.3 is 15.3 Å². The third kappa shape index (κ3) is 4.75. The van der Waals surface area contributed by atoms with E-state index in [9.17, 15) is 4.79 Å². The second-order valence-corrected chi connectivity index (χ2v) is 4.81. The molecule has 0 aromatic heterocycles. The molecule has 1 heterocycles. The van der Waals surface area contributed by atoms with E-state index in [-0.39, 0.29) is 0 Å². The monoisotopic (exact) mass is 260 g/mol. The van der Waals surface area contributed by atoms with Crippen molar-refractivity contribution in [2.75, 3.05) is 25.0 Å². The molecule has 0 amide bonds. The van der Waals surface area contributed by atoms with Gasteiger partial charge in [0.05, 0.1) is 0 Å². The summed E-state index contributed by atoms with van der Waals surface area (Å²) in [5, 5.41) is 11.4. The fourth-order valence-electron chi connectivity index (χ4n) is 2.27. The van der Waals surface area contributed by atoms with Crippen molar-refractivity contribution >= 4 is 11.7 Å². The number of likely N-dealkylation sites (tertiary alicyclic amines) is 1. The number of hydrogen-bond donors (Lipinski definition) is 2. The van der Waals surface area contributed by atoms with Crippen LogP contribution in [0.5, 0.6) is 0 Å². The molecule has 1 aliphatic rings. The highest BCUT2D eigenvalue weighted by atomic mass is 16.4. The van der Waals surface area contributed by atoms with Gasteiger partial charge in [-0.3, -0.25) is 0 Å². The first-order valence-electron chi connectivity index (χ1n) is 6.71. The van der Waals surface area contributed by atoms with Gasteiger partial charge in [0.15, 0.2) is 0 Å². The molecule has 1 aromatic rings. The smallest absolute Gasteiger partial charge is 0.329 e. The van der Waals surface area contributed by atoms with Crippen LogP contribution in [0.1, 0.15) is 18.4 Å². The van der Waals surface area contributed by atoms with Crippen LogP contribution in [0.2, 0.25) is 0 Å². The number of nitrogens with zero attached hydrogens (tertiary/aromatic N) is 1. The van der Waals surface area contributed by atoms with Gasteiger partial charge in [-0.2, -0.15) is 0 Å². The Morgan fingerprint density at radius 3 is 2.58 bits per heavy atom. The van der Waals surface area contributed by atoms with Crippen molar-refractivity contribution in [3.63, 3.8) is 0 Å². The van der Waals surface area contributed by atoms with Crippen molar-refractivity contribution in [2.45, 2.75) is 19.3 Å². The second-order valence-electron chi connectivity index (χ2n) is 4.81. The zero-order valence-corrected chi connectivity index (χ0v) is 11.0. The van der Waals surface area contributed by atoms with Crippen molar-refractivity contribution in [1.29, 1.82) is 0 Å². The van der Waals surface area contributed by atoms with E-state index in [2.05, 4.69) is 22.3 Å². The van der Waals surface area contributed by atoms with Crippen LogP contribution in [0.15, 0.2) is 36.5 Å². The lowest BCUT2D eigenvalue weighted by atomic mass is 10.1. The number of rotatable bonds is 6. The molecule has 1 fully saturated rings. The average molecular weight is 260 g/mol. The van der Waals surface area contributed by atoms with Gasteiger partial charge in [-0.1, -0.05) is 12.1 Å². The van der Waals surface area contributed by atoms with Gasteiger partial charge in [-0.15, -0.1) is 0 Å². The third-order valence-electron chi connectivity index (χ3n) is 3.35. The number of anilines is 1. The maximum atomic E-state index is 10.3. The van der Waals surface area contributed by atoms with Crippen LogP contribution in [0, 0.1) is 0 Å². The molecule has 19 heavy (non-hydrogen) atoms. The Morgan fingerprint density at radius 2 is 1.95 bits per heavy atom. The predicted octanol–water partition coefficient (Wildman–Crippen LogP) is 2.34. The maximum Gasteiger partial charge on any atom is 0.329 e. The quantitative estimate of drug-likeness (QED) is 0.771. The summed E-state index contributed by atoms with van der Waals surface area (Å²) in [5.74, 6) is -0.949. The minimum atomic E-state index is -0.949. The van der Waals surface area contributed by atoms with E-state index >= 15 is 0 Å². The summed E-state index contributed by atoms with van der Waals surface area (Å²) in [6, 6.07) is 8.14. The van der Waals surface area contributed by atoms with E-state index in [4.69, 9.17) is 5.11 Å². The SMILES string of the molecule is O=C(O)C=CNc1ccc(CCN2CCCC2)cc1. The van der Waals surface area contributed by atoms with E-state index in [1.54, 1.807) is 0 Å². The Labute approximate surface area is 113 Å². The highest BCUT2D eigenvalue weighted by molar-refractivity contribution is 5.80. The molecule has 0 unspecified atom stereocenters. The van der Waals surface area contributed by atoms with Crippen molar-refractivity contribution < 1.29 is 9.90 Å². The van der Waals surface area contributed by atoms with Gasteiger partial charge in [0.1, 0.15) is 0 Å². The molecule has 0 bridgehead atoms. The molecule has 0 atom stereocenters. The fourth-order valence-corrected chi connectivity index (χ4v) is 2.27. The summed E-state index contributed by atoms with van der Waals surface area (Å²) in [4.78, 5) is 12.8. The molecule has 2 N–H and O–H groups in total. The number of carboxylic acid groups (broad SMARTS) is 1. The molecule has 0 aliphatic carbocycles. The number of benzene rings is 1. The van der Waals surface area contributed by atoms with Crippen LogP contribution in [0.3, 0.4) is 0 Å². The minimum Gasteiger partial charge on any atom is -0.478 e. The van der Waals surface area contributed by atoms with E-state index in [1.807, 2.05) is 12.1 Å². The van der Waals surface area contributed by atoms with Crippen LogP contribution in [0.4, 0.5) is 5.69 Å². The highest BCUT2D eigenvalue weighted by Gasteiger charge is 2.10. The number of carboxylic acids is 1. The fraction of sp³-hybridized carbons (Fsp3) is 0.400. The molecule has 2 rings (SSSR count). The first-order valence-corrected chi connectivity index (χ1v) is 6.71. The summed E-state index contributed by atoms with van der Waals surface area (Å²) in [6.45, 7) is 3.60. The van der Waals surface area contributed by atoms with Crippen LogP contribution >= 0.6 is 0 Å². The Balaban J connectivity index is 1.78. The summed E-state index contributed by atoms with van der Waals surface area (Å²) in [7, 11) is 0. The molecule has 0 spiro atoms. The van der Waals surface area contributed by atoms with E-state index in [0.29, 0.717) is 0 Å². The summed E-state index contributed by atoms with van der Waals surface area (Å²) < 4.78 is 0. The second kappa shape index (κ2) is 6.95. The molecule has 0 saturated carbocycles. The normalized spacial score (nSPS) is 16.0. The Morgan fingerprint density at radius 1 is 1.26 bits per heavy atom. The van der Waals surface area contributed by atoms with Crippen LogP contribution in [-0.2, 0) is 11.2 Å². The highest BCUT2D eigenvalue weighted by Crippen LogP contribution is 2.12. The minimum absolute atomic E-state index is 0.905. The lowest BCUT2D eigenvalue weighted by Gasteiger charge is -2.14.